The Morgan fingerprint density at radius 3 is 1.50 bits per heavy atom. The molecular weight excluding hydrogens is 654 g/mol. The maximum atomic E-state index is 12.7. The van der Waals surface area contributed by atoms with Gasteiger partial charge in [0.05, 0.1) is 40.3 Å². The highest BCUT2D eigenvalue weighted by atomic mass is 16.6. The van der Waals surface area contributed by atoms with Crippen LogP contribution in [0.5, 0.6) is 0 Å². The predicted molar refractivity (Wildman–Crippen MR) is 213 cm³/mol. The van der Waals surface area contributed by atoms with Crippen LogP contribution < -0.4 is 5.11 Å². The van der Waals surface area contributed by atoms with Gasteiger partial charge in [0, 0.05) is 19.3 Å². The molecular formula is C44H81NO7. The van der Waals surface area contributed by atoms with Crippen molar-refractivity contribution in [1.29, 1.82) is 0 Å². The Labute approximate surface area is 320 Å². The number of aliphatic carboxylic acids is 1. The van der Waals surface area contributed by atoms with Crippen molar-refractivity contribution in [3.05, 3.63) is 24.3 Å². The molecule has 0 aromatic carbocycles. The number of quaternary nitrogens is 1. The van der Waals surface area contributed by atoms with Gasteiger partial charge < -0.3 is 28.6 Å². The third kappa shape index (κ3) is 33.6. The van der Waals surface area contributed by atoms with Crippen molar-refractivity contribution in [3.63, 3.8) is 0 Å². The van der Waals surface area contributed by atoms with Crippen molar-refractivity contribution < 1.29 is 38.2 Å². The molecule has 0 saturated carbocycles. The molecule has 0 saturated heterocycles. The summed E-state index contributed by atoms with van der Waals surface area (Å²) in [6, 6.07) is -0.727. The molecule has 0 rings (SSSR count). The summed E-state index contributed by atoms with van der Waals surface area (Å²) in [4.78, 5) is 36.6. The molecule has 52 heavy (non-hydrogen) atoms. The Bertz CT molecular complexity index is 911. The van der Waals surface area contributed by atoms with Gasteiger partial charge in [-0.2, -0.15) is 0 Å². The van der Waals surface area contributed by atoms with Gasteiger partial charge in [0.25, 0.3) is 0 Å². The first-order chi connectivity index (χ1) is 25.1. The summed E-state index contributed by atoms with van der Waals surface area (Å²) >= 11 is 0. The molecule has 0 radical (unpaired) electrons. The van der Waals surface area contributed by atoms with Crippen LogP contribution in [0.1, 0.15) is 187 Å². The first-order valence-electron chi connectivity index (χ1n) is 21.4. The minimum Gasteiger partial charge on any atom is -0.544 e. The van der Waals surface area contributed by atoms with Crippen LogP contribution in [0.15, 0.2) is 24.3 Å². The second kappa shape index (κ2) is 35.8. The van der Waals surface area contributed by atoms with Gasteiger partial charge in [0.1, 0.15) is 12.6 Å². The number of allylic oxidation sites excluding steroid dienone is 4. The second-order valence-electron chi connectivity index (χ2n) is 15.6. The molecule has 0 aromatic heterocycles. The molecule has 0 spiro atoms. The summed E-state index contributed by atoms with van der Waals surface area (Å²) in [6.07, 6.45) is 38.1. The first-order valence-corrected chi connectivity index (χ1v) is 21.4. The van der Waals surface area contributed by atoms with Crippen LogP contribution in [-0.4, -0.2) is 75.5 Å². The van der Waals surface area contributed by atoms with Crippen LogP contribution in [0.3, 0.4) is 0 Å². The minimum absolute atomic E-state index is 0.0295. The zero-order valence-corrected chi connectivity index (χ0v) is 34.5. The molecule has 0 amide bonds. The van der Waals surface area contributed by atoms with Crippen LogP contribution in [0.25, 0.3) is 0 Å². The van der Waals surface area contributed by atoms with Crippen molar-refractivity contribution in [1.82, 2.24) is 0 Å². The first kappa shape index (κ1) is 49.8. The number of carbonyl (C=O) groups is 3. The molecule has 0 heterocycles. The van der Waals surface area contributed by atoms with E-state index in [1.807, 2.05) is 6.08 Å². The molecule has 0 aromatic rings. The SMILES string of the molecule is CCCCC/C=C/CCC(=O)OCC(COCCC(C(=O)[O-])[N+](C)(C)C)OC(=O)CCCCCCCCC/C=C/CCCCCCCCCCCC. The molecule has 0 fully saturated rings. The molecule has 304 valence electrons. The molecule has 0 N–H and O–H groups in total. The average Bonchev–Trinajstić information content (AvgIpc) is 3.09. The number of carbonyl (C=O) groups excluding carboxylic acids is 3. The van der Waals surface area contributed by atoms with Gasteiger partial charge in [-0.3, -0.25) is 9.59 Å². The lowest BCUT2D eigenvalue weighted by Gasteiger charge is -2.34. The maximum absolute atomic E-state index is 12.7. The lowest BCUT2D eigenvalue weighted by atomic mass is 10.1. The minimum atomic E-state index is -1.13. The van der Waals surface area contributed by atoms with Gasteiger partial charge in [-0.05, 0) is 51.4 Å². The van der Waals surface area contributed by atoms with Crippen molar-refractivity contribution >= 4 is 17.9 Å². The number of hydrogen-bond acceptors (Lipinski definition) is 7. The number of nitrogens with zero attached hydrogens (tertiary/aromatic N) is 1. The van der Waals surface area contributed by atoms with E-state index in [-0.39, 0.29) is 49.1 Å². The summed E-state index contributed by atoms with van der Waals surface area (Å²) in [5, 5.41) is 11.6. The quantitative estimate of drug-likeness (QED) is 0.0269. The van der Waals surface area contributed by atoms with Crippen molar-refractivity contribution in [2.24, 2.45) is 0 Å². The number of carboxylic acids is 1. The van der Waals surface area contributed by atoms with E-state index < -0.39 is 18.1 Å². The fraction of sp³-hybridized carbons (Fsp3) is 0.841. The smallest absolute Gasteiger partial charge is 0.306 e. The van der Waals surface area contributed by atoms with Crippen molar-refractivity contribution in [2.75, 3.05) is 41.0 Å². The molecule has 0 aliphatic rings. The van der Waals surface area contributed by atoms with Gasteiger partial charge in [-0.15, -0.1) is 0 Å². The Morgan fingerprint density at radius 2 is 1.00 bits per heavy atom. The Hall–Kier alpha value is -2.19. The fourth-order valence-corrected chi connectivity index (χ4v) is 6.20. The maximum Gasteiger partial charge on any atom is 0.306 e. The van der Waals surface area contributed by atoms with Crippen molar-refractivity contribution in [2.45, 2.75) is 199 Å². The van der Waals surface area contributed by atoms with E-state index in [2.05, 4.69) is 32.1 Å². The van der Waals surface area contributed by atoms with Gasteiger partial charge in [0.15, 0.2) is 6.10 Å². The number of rotatable bonds is 38. The number of esters is 2. The summed E-state index contributed by atoms with van der Waals surface area (Å²) in [5.74, 6) is -1.81. The highest BCUT2D eigenvalue weighted by Gasteiger charge is 2.25. The van der Waals surface area contributed by atoms with Gasteiger partial charge in [-0.25, -0.2) is 0 Å². The van der Waals surface area contributed by atoms with Crippen LogP contribution in [0.2, 0.25) is 0 Å². The topological polar surface area (TPSA) is 102 Å². The number of hydrogen-bond donors (Lipinski definition) is 0. The highest BCUT2D eigenvalue weighted by Crippen LogP contribution is 2.14. The van der Waals surface area contributed by atoms with E-state index >= 15 is 0 Å². The van der Waals surface area contributed by atoms with E-state index in [0.717, 1.165) is 32.1 Å². The number of likely N-dealkylation sites (N-methyl/N-ethyl adjacent to an activating group) is 1. The number of unbranched alkanes of at least 4 members (excludes halogenated alkanes) is 20. The normalized spacial score (nSPS) is 13.2. The van der Waals surface area contributed by atoms with E-state index in [4.69, 9.17) is 14.2 Å². The molecule has 0 aliphatic heterocycles. The van der Waals surface area contributed by atoms with E-state index in [1.165, 1.54) is 116 Å². The zero-order valence-electron chi connectivity index (χ0n) is 34.5. The van der Waals surface area contributed by atoms with Gasteiger partial charge in [-0.1, -0.05) is 141 Å². The molecule has 2 atom stereocenters. The fourth-order valence-electron chi connectivity index (χ4n) is 6.20. The second-order valence-corrected chi connectivity index (χ2v) is 15.6. The van der Waals surface area contributed by atoms with Crippen LogP contribution in [-0.2, 0) is 28.6 Å². The predicted octanol–water partition coefficient (Wildman–Crippen LogP) is 9.97. The third-order valence-electron chi connectivity index (χ3n) is 9.57. The van der Waals surface area contributed by atoms with Crippen molar-refractivity contribution in [3.8, 4) is 0 Å². The average molecular weight is 736 g/mol. The summed E-state index contributed by atoms with van der Waals surface area (Å²) < 4.78 is 17.0. The highest BCUT2D eigenvalue weighted by molar-refractivity contribution is 5.70. The van der Waals surface area contributed by atoms with E-state index in [1.54, 1.807) is 21.1 Å². The molecule has 8 heteroatoms. The number of ether oxygens (including phenoxy) is 3. The zero-order chi connectivity index (χ0) is 38.5. The summed E-state index contributed by atoms with van der Waals surface area (Å²) in [7, 11) is 5.39. The molecule has 0 bridgehead atoms. The number of carboxylic acid groups (broad SMARTS) is 1. The van der Waals surface area contributed by atoms with E-state index in [0.29, 0.717) is 12.8 Å². The molecule has 0 aliphatic carbocycles. The third-order valence-corrected chi connectivity index (χ3v) is 9.57. The van der Waals surface area contributed by atoms with Gasteiger partial charge >= 0.3 is 11.9 Å². The summed E-state index contributed by atoms with van der Waals surface area (Å²) in [6.45, 7) is 4.55. The lowest BCUT2D eigenvalue weighted by Crippen LogP contribution is -2.55. The Morgan fingerprint density at radius 1 is 0.558 bits per heavy atom. The van der Waals surface area contributed by atoms with Gasteiger partial charge in [0.2, 0.25) is 0 Å². The van der Waals surface area contributed by atoms with E-state index in [9.17, 15) is 19.5 Å². The Balaban J connectivity index is 4.21. The van der Waals surface area contributed by atoms with Crippen LogP contribution >= 0.6 is 0 Å². The molecule has 8 nitrogen and oxygen atoms in total. The molecule has 2 unspecified atom stereocenters. The van der Waals surface area contributed by atoms with Crippen LogP contribution in [0.4, 0.5) is 0 Å². The summed E-state index contributed by atoms with van der Waals surface area (Å²) in [5.41, 5.74) is 0. The van der Waals surface area contributed by atoms with Crippen LogP contribution in [0, 0.1) is 0 Å². The standard InChI is InChI=1S/C44H81NO7/c1-6-8-10-12-14-15-16-17-18-19-20-21-22-23-24-25-26-27-29-31-33-35-43(47)52-40(38-50-37-36-41(44(48)49)45(3,4)5)39-51-42(46)34-32-30-28-13-11-9-7-2/h21-22,28,30,40-41H,6-20,23-27,29,31-39H2,1-5H3/b22-21+,30-28+. The largest absolute Gasteiger partial charge is 0.544 e. The Kier molecular flexibility index (Phi) is 34.3. The lowest BCUT2D eigenvalue weighted by molar-refractivity contribution is -0.889. The monoisotopic (exact) mass is 736 g/mol.